The standard InChI is InChI=1S/C17H34N4O/c1-20(2)10-11-21-8-6-14(7-9-21)13-19-17(22)12-15-4-3-5-16(15)18/h14-16H,3-13,18H2,1-2H3,(H,19,22)/t15-,16+/m0/s1. The van der Waals surface area contributed by atoms with Crippen LogP contribution in [0.25, 0.3) is 0 Å². The second-order valence-corrected chi connectivity index (χ2v) is 7.45. The molecule has 1 saturated carbocycles. The van der Waals surface area contributed by atoms with E-state index in [1.54, 1.807) is 0 Å². The number of likely N-dealkylation sites (N-methyl/N-ethyl adjacent to an activating group) is 1. The van der Waals surface area contributed by atoms with Crippen LogP contribution in [0, 0.1) is 11.8 Å². The molecule has 0 aromatic carbocycles. The van der Waals surface area contributed by atoms with E-state index in [4.69, 9.17) is 5.73 Å². The number of hydrogen-bond acceptors (Lipinski definition) is 4. The van der Waals surface area contributed by atoms with Crippen LogP contribution in [0.5, 0.6) is 0 Å². The first-order chi connectivity index (χ1) is 10.5. The van der Waals surface area contributed by atoms with Crippen LogP contribution in [-0.4, -0.2) is 68.6 Å². The molecule has 2 rings (SSSR count). The molecular weight excluding hydrogens is 276 g/mol. The van der Waals surface area contributed by atoms with Gasteiger partial charge in [-0.3, -0.25) is 4.79 Å². The molecule has 22 heavy (non-hydrogen) atoms. The maximum Gasteiger partial charge on any atom is 0.220 e. The molecule has 2 aliphatic rings. The summed E-state index contributed by atoms with van der Waals surface area (Å²) in [6, 6.07) is 0.241. The average Bonchev–Trinajstić information content (AvgIpc) is 2.89. The third-order valence-corrected chi connectivity index (χ3v) is 5.32. The van der Waals surface area contributed by atoms with Crippen LogP contribution in [0.3, 0.4) is 0 Å². The molecule has 0 aromatic rings. The summed E-state index contributed by atoms with van der Waals surface area (Å²) >= 11 is 0. The number of hydrogen-bond donors (Lipinski definition) is 2. The fourth-order valence-corrected chi connectivity index (χ4v) is 3.64. The van der Waals surface area contributed by atoms with Gasteiger partial charge in [0, 0.05) is 32.1 Å². The van der Waals surface area contributed by atoms with Crippen molar-refractivity contribution in [2.75, 3.05) is 46.8 Å². The summed E-state index contributed by atoms with van der Waals surface area (Å²) in [5.41, 5.74) is 6.04. The number of nitrogens with zero attached hydrogens (tertiary/aromatic N) is 2. The summed E-state index contributed by atoms with van der Waals surface area (Å²) in [6.07, 6.45) is 6.43. The molecule has 5 nitrogen and oxygen atoms in total. The van der Waals surface area contributed by atoms with Gasteiger partial charge in [0.25, 0.3) is 0 Å². The average molecular weight is 310 g/mol. The third-order valence-electron chi connectivity index (χ3n) is 5.32. The Bertz CT molecular complexity index is 340. The Labute approximate surface area is 135 Å². The fourth-order valence-electron chi connectivity index (χ4n) is 3.64. The number of piperidine rings is 1. The summed E-state index contributed by atoms with van der Waals surface area (Å²) in [7, 11) is 4.25. The molecular formula is C17H34N4O. The van der Waals surface area contributed by atoms with Crippen molar-refractivity contribution in [3.8, 4) is 0 Å². The van der Waals surface area contributed by atoms with E-state index >= 15 is 0 Å². The van der Waals surface area contributed by atoms with E-state index in [0.29, 0.717) is 18.3 Å². The summed E-state index contributed by atoms with van der Waals surface area (Å²) in [4.78, 5) is 16.8. The first-order valence-electron chi connectivity index (χ1n) is 8.94. The van der Waals surface area contributed by atoms with E-state index in [9.17, 15) is 4.79 Å². The molecule has 5 heteroatoms. The zero-order valence-electron chi connectivity index (χ0n) is 14.4. The highest BCUT2D eigenvalue weighted by Crippen LogP contribution is 2.26. The van der Waals surface area contributed by atoms with Crippen LogP contribution >= 0.6 is 0 Å². The molecule has 0 aromatic heterocycles. The second kappa shape index (κ2) is 8.85. The number of likely N-dealkylation sites (tertiary alicyclic amines) is 1. The number of amides is 1. The van der Waals surface area contributed by atoms with Gasteiger partial charge in [-0.2, -0.15) is 0 Å². The summed E-state index contributed by atoms with van der Waals surface area (Å²) in [6.45, 7) is 5.47. The SMILES string of the molecule is CN(C)CCN1CCC(CNC(=O)C[C@@H]2CCC[C@H]2N)CC1. The molecule has 1 aliphatic heterocycles. The van der Waals surface area contributed by atoms with Crippen LogP contribution in [0.4, 0.5) is 0 Å². The molecule has 1 heterocycles. The summed E-state index contributed by atoms with van der Waals surface area (Å²) in [5, 5.41) is 3.14. The molecule has 2 fully saturated rings. The van der Waals surface area contributed by atoms with Gasteiger partial charge in [-0.25, -0.2) is 0 Å². The van der Waals surface area contributed by atoms with Crippen molar-refractivity contribution >= 4 is 5.91 Å². The van der Waals surface area contributed by atoms with E-state index < -0.39 is 0 Å². The molecule has 0 radical (unpaired) electrons. The number of rotatable bonds is 7. The summed E-state index contributed by atoms with van der Waals surface area (Å²) in [5.74, 6) is 1.27. The van der Waals surface area contributed by atoms with Crippen molar-refractivity contribution in [2.24, 2.45) is 17.6 Å². The largest absolute Gasteiger partial charge is 0.356 e. The molecule has 0 bridgehead atoms. The molecule has 1 saturated heterocycles. The first kappa shape index (κ1) is 17.7. The number of nitrogens with one attached hydrogen (secondary N) is 1. The van der Waals surface area contributed by atoms with Gasteiger partial charge >= 0.3 is 0 Å². The molecule has 3 N–H and O–H groups in total. The second-order valence-electron chi connectivity index (χ2n) is 7.45. The van der Waals surface area contributed by atoms with Crippen molar-refractivity contribution in [3.05, 3.63) is 0 Å². The van der Waals surface area contributed by atoms with Gasteiger partial charge in [0.2, 0.25) is 5.91 Å². The Morgan fingerprint density at radius 1 is 1.23 bits per heavy atom. The van der Waals surface area contributed by atoms with Gasteiger partial charge in [-0.1, -0.05) is 6.42 Å². The van der Waals surface area contributed by atoms with Crippen molar-refractivity contribution in [1.82, 2.24) is 15.1 Å². The maximum absolute atomic E-state index is 12.0. The lowest BCUT2D eigenvalue weighted by molar-refractivity contribution is -0.122. The van der Waals surface area contributed by atoms with E-state index in [0.717, 1.165) is 32.5 Å². The highest BCUT2D eigenvalue weighted by Gasteiger charge is 2.26. The topological polar surface area (TPSA) is 61.6 Å². The summed E-state index contributed by atoms with van der Waals surface area (Å²) < 4.78 is 0. The van der Waals surface area contributed by atoms with E-state index in [1.165, 1.54) is 32.4 Å². The predicted molar refractivity (Wildman–Crippen MR) is 90.7 cm³/mol. The quantitative estimate of drug-likeness (QED) is 0.733. The van der Waals surface area contributed by atoms with Crippen LogP contribution in [-0.2, 0) is 4.79 Å². The molecule has 1 aliphatic carbocycles. The fraction of sp³-hybridized carbons (Fsp3) is 0.941. The van der Waals surface area contributed by atoms with Crippen LogP contribution < -0.4 is 11.1 Å². The normalized spacial score (nSPS) is 27.5. The first-order valence-corrected chi connectivity index (χ1v) is 8.94. The zero-order valence-corrected chi connectivity index (χ0v) is 14.4. The highest BCUT2D eigenvalue weighted by molar-refractivity contribution is 5.76. The lowest BCUT2D eigenvalue weighted by Crippen LogP contribution is -2.41. The minimum atomic E-state index is 0.206. The minimum Gasteiger partial charge on any atom is -0.356 e. The number of carbonyl (C=O) groups excluding carboxylic acids is 1. The van der Waals surface area contributed by atoms with Crippen molar-refractivity contribution in [3.63, 3.8) is 0 Å². The Morgan fingerprint density at radius 2 is 1.95 bits per heavy atom. The van der Waals surface area contributed by atoms with Gasteiger partial charge in [-0.15, -0.1) is 0 Å². The van der Waals surface area contributed by atoms with Crippen LogP contribution in [0.15, 0.2) is 0 Å². The Balaban J connectivity index is 1.57. The molecule has 2 atom stereocenters. The Hall–Kier alpha value is -0.650. The lowest BCUT2D eigenvalue weighted by atomic mass is 9.96. The van der Waals surface area contributed by atoms with Gasteiger partial charge in [0.15, 0.2) is 0 Å². The molecule has 128 valence electrons. The molecule has 0 unspecified atom stereocenters. The van der Waals surface area contributed by atoms with Crippen LogP contribution in [0.2, 0.25) is 0 Å². The Kier molecular flexibility index (Phi) is 7.12. The van der Waals surface area contributed by atoms with E-state index in [-0.39, 0.29) is 11.9 Å². The van der Waals surface area contributed by atoms with Gasteiger partial charge in [0.05, 0.1) is 0 Å². The number of nitrogens with two attached hydrogens (primary N) is 1. The smallest absolute Gasteiger partial charge is 0.220 e. The van der Waals surface area contributed by atoms with E-state index in [1.807, 2.05) is 0 Å². The molecule has 0 spiro atoms. The zero-order chi connectivity index (χ0) is 15.9. The van der Waals surface area contributed by atoms with Gasteiger partial charge in [-0.05, 0) is 64.7 Å². The predicted octanol–water partition coefficient (Wildman–Crippen LogP) is 0.894. The van der Waals surface area contributed by atoms with Crippen LogP contribution in [0.1, 0.15) is 38.5 Å². The minimum absolute atomic E-state index is 0.206. The van der Waals surface area contributed by atoms with E-state index in [2.05, 4.69) is 29.2 Å². The van der Waals surface area contributed by atoms with Crippen molar-refractivity contribution < 1.29 is 4.79 Å². The van der Waals surface area contributed by atoms with Gasteiger partial charge < -0.3 is 20.9 Å². The third kappa shape index (κ3) is 5.86. The Morgan fingerprint density at radius 3 is 2.55 bits per heavy atom. The van der Waals surface area contributed by atoms with Gasteiger partial charge in [0.1, 0.15) is 0 Å². The highest BCUT2D eigenvalue weighted by atomic mass is 16.1. The monoisotopic (exact) mass is 310 g/mol. The van der Waals surface area contributed by atoms with Crippen molar-refractivity contribution in [2.45, 2.75) is 44.6 Å². The molecule has 1 amide bonds. The maximum atomic E-state index is 12.0. The number of carbonyl (C=O) groups is 1. The lowest BCUT2D eigenvalue weighted by Gasteiger charge is -2.32. The van der Waals surface area contributed by atoms with Crippen molar-refractivity contribution in [1.29, 1.82) is 0 Å².